The Morgan fingerprint density at radius 3 is 2.37 bits per heavy atom. The number of benzene rings is 1. The summed E-state index contributed by atoms with van der Waals surface area (Å²) in [6.45, 7) is 10.7. The second-order valence-corrected chi connectivity index (χ2v) is 10.0. The van der Waals surface area contributed by atoms with Crippen LogP contribution in [0.2, 0.25) is 0 Å². The van der Waals surface area contributed by atoms with Gasteiger partial charge in [0.05, 0.1) is 6.26 Å². The van der Waals surface area contributed by atoms with Crippen LogP contribution < -0.4 is 4.72 Å². The van der Waals surface area contributed by atoms with E-state index in [0.29, 0.717) is 5.69 Å². The number of esters is 1. The fraction of sp³-hybridized carbons (Fsp3) is 0.609. The molecule has 0 atom stereocenters. The number of carbonyl (C=O) groups is 1. The van der Waals surface area contributed by atoms with E-state index in [1.165, 1.54) is 6.92 Å². The van der Waals surface area contributed by atoms with Crippen molar-refractivity contribution >= 4 is 27.8 Å². The normalized spacial score (nSPS) is 12.5. The Hall–Kier alpha value is -1.86. The minimum atomic E-state index is -3.24. The predicted molar refractivity (Wildman–Crippen MR) is 125 cm³/mol. The molecular formula is C23H38N2O4S. The molecule has 0 unspecified atom stereocenters. The number of hydrogen-bond donors (Lipinski definition) is 1. The molecular weight excluding hydrogens is 400 g/mol. The van der Waals surface area contributed by atoms with Crippen molar-refractivity contribution in [3.05, 3.63) is 35.9 Å². The van der Waals surface area contributed by atoms with Gasteiger partial charge in [-0.1, -0.05) is 37.6 Å². The van der Waals surface area contributed by atoms with Crippen molar-refractivity contribution in [1.82, 2.24) is 4.90 Å². The number of anilines is 1. The molecule has 1 aromatic rings. The monoisotopic (exact) mass is 438 g/mol. The van der Waals surface area contributed by atoms with Crippen LogP contribution in [0.5, 0.6) is 0 Å². The summed E-state index contributed by atoms with van der Waals surface area (Å²) < 4.78 is 30.3. The molecule has 0 aromatic heterocycles. The third-order valence-electron chi connectivity index (χ3n) is 4.76. The average Bonchev–Trinajstić information content (AvgIpc) is 2.62. The van der Waals surface area contributed by atoms with Crippen LogP contribution >= 0.6 is 0 Å². The van der Waals surface area contributed by atoms with Crippen molar-refractivity contribution in [3.8, 4) is 0 Å². The summed E-state index contributed by atoms with van der Waals surface area (Å²) in [4.78, 5) is 13.5. The molecule has 0 spiro atoms. The average molecular weight is 439 g/mol. The smallest absolute Gasteiger partial charge is 0.303 e. The number of carbonyl (C=O) groups excluding carboxylic acids is 1. The van der Waals surface area contributed by atoms with Crippen molar-refractivity contribution in [2.75, 3.05) is 30.6 Å². The molecule has 0 amide bonds. The minimum absolute atomic E-state index is 0.216. The summed E-state index contributed by atoms with van der Waals surface area (Å²) in [5, 5.41) is 0. The van der Waals surface area contributed by atoms with Gasteiger partial charge in [0, 0.05) is 19.2 Å². The first-order valence-electron chi connectivity index (χ1n) is 10.7. The third kappa shape index (κ3) is 12.6. The second kappa shape index (κ2) is 12.7. The lowest BCUT2D eigenvalue weighted by Gasteiger charge is -2.24. The zero-order chi connectivity index (χ0) is 22.6. The van der Waals surface area contributed by atoms with E-state index in [4.69, 9.17) is 4.74 Å². The third-order valence-corrected chi connectivity index (χ3v) is 5.36. The topological polar surface area (TPSA) is 75.7 Å². The molecule has 0 aliphatic heterocycles. The van der Waals surface area contributed by atoms with E-state index in [1.54, 1.807) is 12.1 Å². The SMILES string of the molecule is CCN(CC/C=C/c1ccc(NS(C)(=O)=O)cc1)CCCCCC(C)(C)OC(C)=O. The summed E-state index contributed by atoms with van der Waals surface area (Å²) in [5.74, 6) is -0.216. The highest BCUT2D eigenvalue weighted by Crippen LogP contribution is 2.19. The Morgan fingerprint density at radius 1 is 1.13 bits per heavy atom. The van der Waals surface area contributed by atoms with Crippen molar-refractivity contribution in [1.29, 1.82) is 0 Å². The zero-order valence-corrected chi connectivity index (χ0v) is 19.9. The Kier molecular flexibility index (Phi) is 11.1. The number of unbranched alkanes of at least 4 members (excludes halogenated alkanes) is 2. The van der Waals surface area contributed by atoms with E-state index >= 15 is 0 Å². The number of ether oxygens (including phenoxy) is 1. The van der Waals surface area contributed by atoms with Crippen LogP contribution in [0.25, 0.3) is 6.08 Å². The number of hydrogen-bond acceptors (Lipinski definition) is 5. The van der Waals surface area contributed by atoms with Crippen LogP contribution in [0.15, 0.2) is 30.3 Å². The number of nitrogens with zero attached hydrogens (tertiary/aromatic N) is 1. The van der Waals surface area contributed by atoms with E-state index in [9.17, 15) is 13.2 Å². The molecule has 0 aliphatic rings. The number of nitrogens with one attached hydrogen (secondary N) is 1. The highest BCUT2D eigenvalue weighted by Gasteiger charge is 2.20. The lowest BCUT2D eigenvalue weighted by atomic mass is 10.0. The van der Waals surface area contributed by atoms with Crippen LogP contribution in [-0.2, 0) is 19.6 Å². The van der Waals surface area contributed by atoms with Gasteiger partial charge in [-0.2, -0.15) is 0 Å². The minimum Gasteiger partial charge on any atom is -0.460 e. The van der Waals surface area contributed by atoms with Crippen molar-refractivity contribution in [2.24, 2.45) is 0 Å². The molecule has 1 rings (SSSR count). The lowest BCUT2D eigenvalue weighted by molar-refractivity contribution is -0.154. The van der Waals surface area contributed by atoms with Crippen LogP contribution in [0.4, 0.5) is 5.69 Å². The molecule has 7 heteroatoms. The number of rotatable bonds is 14. The molecule has 0 fully saturated rings. The van der Waals surface area contributed by atoms with Crippen molar-refractivity contribution in [2.45, 2.75) is 65.4 Å². The van der Waals surface area contributed by atoms with Gasteiger partial charge in [0.2, 0.25) is 10.0 Å². The highest BCUT2D eigenvalue weighted by molar-refractivity contribution is 7.92. The van der Waals surface area contributed by atoms with Crippen LogP contribution in [0.1, 0.15) is 65.4 Å². The Labute approximate surface area is 182 Å². The maximum Gasteiger partial charge on any atom is 0.303 e. The molecule has 0 radical (unpaired) electrons. The zero-order valence-electron chi connectivity index (χ0n) is 19.1. The van der Waals surface area contributed by atoms with E-state index in [1.807, 2.05) is 26.0 Å². The van der Waals surface area contributed by atoms with Gasteiger partial charge in [-0.3, -0.25) is 9.52 Å². The van der Waals surface area contributed by atoms with Gasteiger partial charge >= 0.3 is 5.97 Å². The van der Waals surface area contributed by atoms with Gasteiger partial charge in [-0.05, 0) is 70.3 Å². The van der Waals surface area contributed by atoms with Crippen molar-refractivity contribution in [3.63, 3.8) is 0 Å². The van der Waals surface area contributed by atoms with Crippen LogP contribution in [0.3, 0.4) is 0 Å². The Morgan fingerprint density at radius 2 is 1.80 bits per heavy atom. The second-order valence-electron chi connectivity index (χ2n) is 8.29. The lowest BCUT2D eigenvalue weighted by Crippen LogP contribution is -2.27. The van der Waals surface area contributed by atoms with Gasteiger partial charge < -0.3 is 9.64 Å². The standard InChI is InChI=1S/C23H38N2O4S/c1-6-25(18-10-7-9-17-23(3,4)29-20(2)26)19-11-8-12-21-13-15-22(16-14-21)24-30(5,27)28/h8,12-16,24H,6-7,9-11,17-19H2,1-5H3/b12-8+. The molecule has 0 bridgehead atoms. The summed E-state index contributed by atoms with van der Waals surface area (Å²) in [7, 11) is -3.24. The maximum absolute atomic E-state index is 11.2. The van der Waals surface area contributed by atoms with E-state index < -0.39 is 10.0 Å². The van der Waals surface area contributed by atoms with Crippen molar-refractivity contribution < 1.29 is 17.9 Å². The van der Waals surface area contributed by atoms with Gasteiger partial charge in [-0.15, -0.1) is 0 Å². The Balaban J connectivity index is 2.28. The van der Waals surface area contributed by atoms with Gasteiger partial charge in [0.1, 0.15) is 5.60 Å². The fourth-order valence-corrected chi connectivity index (χ4v) is 3.85. The van der Waals surface area contributed by atoms with Gasteiger partial charge in [-0.25, -0.2) is 8.42 Å². The first-order chi connectivity index (χ1) is 14.0. The fourth-order valence-electron chi connectivity index (χ4n) is 3.28. The summed E-state index contributed by atoms with van der Waals surface area (Å²) in [6, 6.07) is 7.33. The Bertz CT molecular complexity index is 771. The number of sulfonamides is 1. The van der Waals surface area contributed by atoms with E-state index in [2.05, 4.69) is 28.7 Å². The molecule has 0 heterocycles. The first-order valence-corrected chi connectivity index (χ1v) is 12.6. The molecule has 6 nitrogen and oxygen atoms in total. The van der Waals surface area contributed by atoms with Gasteiger partial charge in [0.25, 0.3) is 0 Å². The maximum atomic E-state index is 11.2. The first kappa shape index (κ1) is 26.2. The highest BCUT2D eigenvalue weighted by atomic mass is 32.2. The summed E-state index contributed by atoms with van der Waals surface area (Å²) in [5.41, 5.74) is 1.25. The van der Waals surface area contributed by atoms with E-state index in [-0.39, 0.29) is 11.6 Å². The molecule has 1 N–H and O–H groups in total. The quantitative estimate of drug-likeness (QED) is 0.337. The largest absolute Gasteiger partial charge is 0.460 e. The molecule has 0 saturated heterocycles. The van der Waals surface area contributed by atoms with Crippen LogP contribution in [-0.4, -0.2) is 50.8 Å². The molecule has 170 valence electrons. The predicted octanol–water partition coefficient (Wildman–Crippen LogP) is 4.69. The van der Waals surface area contributed by atoms with Gasteiger partial charge in [0.15, 0.2) is 0 Å². The molecule has 30 heavy (non-hydrogen) atoms. The summed E-state index contributed by atoms with van der Waals surface area (Å²) in [6.07, 6.45) is 10.6. The molecule has 0 saturated carbocycles. The van der Waals surface area contributed by atoms with Crippen LogP contribution in [0, 0.1) is 0 Å². The molecule has 0 aliphatic carbocycles. The molecule has 1 aromatic carbocycles. The summed E-state index contributed by atoms with van der Waals surface area (Å²) >= 11 is 0. The van der Waals surface area contributed by atoms with E-state index in [0.717, 1.165) is 63.6 Å².